The molecule has 0 bridgehead atoms. The van der Waals surface area contributed by atoms with Crippen molar-refractivity contribution in [2.45, 2.75) is 20.0 Å². The molecule has 10 heteroatoms. The first-order chi connectivity index (χ1) is 16.6. The standard InChI is InChI=1S/C25H18F3N4O3/c1-14-9-10-18(11-15(14)2)32-24(35)21(23(31-32)25(26,27)28)30-29-20-8-4-7-19(22(20)34)17-6-3-5-16(12-17)13-33/h3-12,29,34H,1-2H3/b30-21-. The van der Waals surface area contributed by atoms with Crippen molar-refractivity contribution in [3.63, 3.8) is 0 Å². The molecule has 35 heavy (non-hydrogen) atoms. The van der Waals surface area contributed by atoms with E-state index in [0.29, 0.717) is 16.1 Å². The van der Waals surface area contributed by atoms with Gasteiger partial charge in [-0.15, -0.1) is 0 Å². The van der Waals surface area contributed by atoms with Gasteiger partial charge in [-0.2, -0.15) is 28.4 Å². The summed E-state index contributed by atoms with van der Waals surface area (Å²) < 4.78 is 41.0. The van der Waals surface area contributed by atoms with Crippen molar-refractivity contribution in [3.05, 3.63) is 77.4 Å². The number of aromatic hydroxyl groups is 1. The molecule has 0 fully saturated rings. The Kier molecular flexibility index (Phi) is 6.12. The minimum atomic E-state index is -4.94. The van der Waals surface area contributed by atoms with Gasteiger partial charge < -0.3 is 5.11 Å². The van der Waals surface area contributed by atoms with Crippen molar-refractivity contribution in [1.29, 1.82) is 0 Å². The normalized spacial score (nSPS) is 14.9. The summed E-state index contributed by atoms with van der Waals surface area (Å²) in [7, 11) is 0. The molecule has 177 valence electrons. The van der Waals surface area contributed by atoms with Gasteiger partial charge in [-0.25, -0.2) is 0 Å². The minimum absolute atomic E-state index is 0.0468. The van der Waals surface area contributed by atoms with Crippen LogP contribution in [0.15, 0.2) is 70.9 Å². The zero-order valence-corrected chi connectivity index (χ0v) is 18.5. The van der Waals surface area contributed by atoms with Crippen molar-refractivity contribution in [2.75, 3.05) is 10.4 Å². The summed E-state index contributed by atoms with van der Waals surface area (Å²) in [4.78, 5) is 23.8. The third-order valence-corrected chi connectivity index (χ3v) is 5.44. The number of hydrazone groups is 2. The molecule has 2 N–H and O–H groups in total. The highest BCUT2D eigenvalue weighted by Gasteiger charge is 2.48. The van der Waals surface area contributed by atoms with E-state index >= 15 is 0 Å². The van der Waals surface area contributed by atoms with E-state index in [2.05, 4.69) is 15.6 Å². The Balaban J connectivity index is 1.69. The van der Waals surface area contributed by atoms with Crippen LogP contribution in [0.2, 0.25) is 0 Å². The van der Waals surface area contributed by atoms with Crippen LogP contribution in [0.3, 0.4) is 0 Å². The number of hydrogen-bond donors (Lipinski definition) is 2. The highest BCUT2D eigenvalue weighted by atomic mass is 19.4. The first kappa shape index (κ1) is 23.7. The number of alkyl halides is 3. The maximum absolute atomic E-state index is 13.7. The second-order valence-corrected chi connectivity index (χ2v) is 7.79. The minimum Gasteiger partial charge on any atom is -0.505 e. The van der Waals surface area contributed by atoms with Crippen LogP contribution in [0.25, 0.3) is 11.1 Å². The Hall–Kier alpha value is -4.47. The Morgan fingerprint density at radius 3 is 2.46 bits per heavy atom. The number of para-hydroxylation sites is 1. The van der Waals surface area contributed by atoms with E-state index < -0.39 is 23.5 Å². The van der Waals surface area contributed by atoms with Gasteiger partial charge in [0.05, 0.1) is 11.4 Å². The number of phenolic OH excluding ortho intramolecular Hbond substituents is 1. The van der Waals surface area contributed by atoms with Crippen LogP contribution >= 0.6 is 0 Å². The third kappa shape index (κ3) is 4.63. The first-order valence-corrected chi connectivity index (χ1v) is 10.3. The number of phenols is 1. The quantitative estimate of drug-likeness (QED) is 0.403. The number of halogens is 3. The summed E-state index contributed by atoms with van der Waals surface area (Å²) in [5.41, 5.74) is 2.79. The molecule has 7 nitrogen and oxygen atoms in total. The number of carbonyl (C=O) groups excluding carboxylic acids is 2. The van der Waals surface area contributed by atoms with Crippen molar-refractivity contribution < 1.29 is 27.9 Å². The molecular weight excluding hydrogens is 461 g/mol. The number of hydrogen-bond acceptors (Lipinski definition) is 6. The molecular formula is C25H18F3N4O3. The molecule has 0 saturated carbocycles. The Morgan fingerprint density at radius 1 is 1.03 bits per heavy atom. The topological polar surface area (TPSA) is 94.4 Å². The van der Waals surface area contributed by atoms with Gasteiger partial charge in [-0.05, 0) is 54.8 Å². The summed E-state index contributed by atoms with van der Waals surface area (Å²) in [5.74, 6) is -1.40. The smallest absolute Gasteiger partial charge is 0.437 e. The molecule has 3 aromatic rings. The molecule has 0 unspecified atom stereocenters. The molecule has 1 aliphatic rings. The van der Waals surface area contributed by atoms with Gasteiger partial charge in [0.25, 0.3) is 0 Å². The second-order valence-electron chi connectivity index (χ2n) is 7.79. The molecule has 0 aromatic heterocycles. The van der Waals surface area contributed by atoms with Crippen LogP contribution < -0.4 is 10.4 Å². The average molecular weight is 479 g/mol. The maximum atomic E-state index is 13.7. The molecule has 1 heterocycles. The van der Waals surface area contributed by atoms with Crippen molar-refractivity contribution in [1.82, 2.24) is 0 Å². The van der Waals surface area contributed by atoms with E-state index in [1.807, 2.05) is 6.92 Å². The molecule has 0 spiro atoms. The van der Waals surface area contributed by atoms with Crippen molar-refractivity contribution >= 4 is 35.0 Å². The van der Waals surface area contributed by atoms with Crippen LogP contribution in [0.5, 0.6) is 5.75 Å². The summed E-state index contributed by atoms with van der Waals surface area (Å²) in [6.07, 6.45) is -3.19. The van der Waals surface area contributed by atoms with E-state index in [4.69, 9.17) is 0 Å². The highest BCUT2D eigenvalue weighted by molar-refractivity contribution is 6.72. The van der Waals surface area contributed by atoms with E-state index in [1.165, 1.54) is 30.3 Å². The van der Waals surface area contributed by atoms with Crippen LogP contribution in [0.1, 0.15) is 16.7 Å². The molecule has 0 atom stereocenters. The number of nitrogens with zero attached hydrogens (tertiary/aromatic N) is 3. The fraction of sp³-hybridized carbons (Fsp3) is 0.120. The Labute approximate surface area is 198 Å². The number of benzene rings is 3. The van der Waals surface area contributed by atoms with Gasteiger partial charge in [0.15, 0.2) is 11.4 Å². The lowest BCUT2D eigenvalue weighted by atomic mass is 10.0. The largest absolute Gasteiger partial charge is 0.505 e. The summed E-state index contributed by atoms with van der Waals surface area (Å²) in [6.45, 7) is 3.60. The Bertz CT molecular complexity index is 1400. The van der Waals surface area contributed by atoms with E-state index in [0.717, 1.165) is 11.1 Å². The van der Waals surface area contributed by atoms with Crippen molar-refractivity contribution in [3.8, 4) is 16.9 Å². The summed E-state index contributed by atoms with van der Waals surface area (Å²) in [6, 6.07) is 15.5. The molecule has 0 aliphatic carbocycles. The Morgan fingerprint density at radius 2 is 1.77 bits per heavy atom. The zero-order chi connectivity index (χ0) is 25.3. The van der Waals surface area contributed by atoms with Crippen LogP contribution in [0.4, 0.5) is 24.5 Å². The summed E-state index contributed by atoms with van der Waals surface area (Å²) in [5, 5.41) is 18.5. The van der Waals surface area contributed by atoms with Gasteiger partial charge in [0.1, 0.15) is 5.75 Å². The van der Waals surface area contributed by atoms with Gasteiger partial charge in [-0.1, -0.05) is 36.4 Å². The molecule has 0 saturated heterocycles. The molecule has 1 radical (unpaired) electrons. The molecule has 4 rings (SSSR count). The first-order valence-electron chi connectivity index (χ1n) is 10.3. The van der Waals surface area contributed by atoms with Crippen LogP contribution in [-0.4, -0.2) is 34.9 Å². The van der Waals surface area contributed by atoms with Crippen molar-refractivity contribution in [2.24, 2.45) is 10.2 Å². The number of carbonyl (C=O) groups is 1. The lowest BCUT2D eigenvalue weighted by Gasteiger charge is -2.13. The van der Waals surface area contributed by atoms with E-state index in [1.54, 1.807) is 43.5 Å². The molecule has 1 aliphatic heterocycles. The lowest BCUT2D eigenvalue weighted by Crippen LogP contribution is -2.34. The van der Waals surface area contributed by atoms with E-state index in [9.17, 15) is 27.9 Å². The number of amides is 1. The fourth-order valence-corrected chi connectivity index (χ4v) is 3.45. The zero-order valence-electron chi connectivity index (χ0n) is 18.5. The number of nitrogens with one attached hydrogen (secondary N) is 1. The third-order valence-electron chi connectivity index (χ3n) is 5.44. The van der Waals surface area contributed by atoms with Gasteiger partial charge in [0.2, 0.25) is 6.29 Å². The fourth-order valence-electron chi connectivity index (χ4n) is 3.45. The molecule has 3 aromatic carbocycles. The second kappa shape index (κ2) is 9.05. The number of aryl methyl sites for hydroxylation is 2. The number of anilines is 2. The van der Waals surface area contributed by atoms with E-state index in [-0.39, 0.29) is 22.7 Å². The number of rotatable bonds is 5. The maximum Gasteiger partial charge on any atom is 0.437 e. The van der Waals surface area contributed by atoms with Crippen LogP contribution in [-0.2, 0) is 9.59 Å². The molecule has 1 amide bonds. The SMILES string of the molecule is Cc1ccc(N2N=C(C(F)(F)F)/C(=N/Nc3cccc(-c4cccc([C]=O)c4)c3O)C2=O)cc1C. The highest BCUT2D eigenvalue weighted by Crippen LogP contribution is 2.36. The van der Waals surface area contributed by atoms with Crippen LogP contribution in [0, 0.1) is 13.8 Å². The monoisotopic (exact) mass is 479 g/mol. The van der Waals surface area contributed by atoms with Gasteiger partial charge in [-0.3, -0.25) is 15.0 Å². The van der Waals surface area contributed by atoms with Gasteiger partial charge >= 0.3 is 12.1 Å². The summed E-state index contributed by atoms with van der Waals surface area (Å²) >= 11 is 0. The predicted octanol–water partition coefficient (Wildman–Crippen LogP) is 4.87. The average Bonchev–Trinajstić information content (AvgIpc) is 3.17. The lowest BCUT2D eigenvalue weighted by molar-refractivity contribution is -0.112. The van der Waals surface area contributed by atoms with Gasteiger partial charge in [0, 0.05) is 11.1 Å². The predicted molar refractivity (Wildman–Crippen MR) is 126 cm³/mol.